The van der Waals surface area contributed by atoms with E-state index in [9.17, 15) is 0 Å². The average Bonchev–Trinajstić information content (AvgIpc) is 3.04. The van der Waals surface area contributed by atoms with Crippen LogP contribution in [0, 0.1) is 6.92 Å². The second kappa shape index (κ2) is 6.68. The molecule has 0 atom stereocenters. The van der Waals surface area contributed by atoms with Gasteiger partial charge in [0.2, 0.25) is 0 Å². The van der Waals surface area contributed by atoms with E-state index in [-0.39, 0.29) is 5.41 Å². The molecular weight excluding hydrogens is 314 g/mol. The Labute approximate surface area is 155 Å². The lowest BCUT2D eigenvalue weighted by molar-refractivity contribution is 0.657. The fourth-order valence-corrected chi connectivity index (χ4v) is 4.00. The van der Waals surface area contributed by atoms with Crippen molar-refractivity contribution in [3.63, 3.8) is 0 Å². The third kappa shape index (κ3) is 2.48. The van der Waals surface area contributed by atoms with Crippen molar-refractivity contribution < 1.29 is 0 Å². The lowest BCUT2D eigenvalue weighted by Gasteiger charge is -2.37. The number of rotatable bonds is 4. The molecule has 4 rings (SSSR count). The van der Waals surface area contributed by atoms with Gasteiger partial charge in [-0.1, -0.05) is 91.0 Å². The Hall–Kier alpha value is -3.06. The molecule has 0 saturated heterocycles. The summed E-state index contributed by atoms with van der Waals surface area (Å²) in [6.07, 6.45) is 0. The Balaban J connectivity index is 2.16. The van der Waals surface area contributed by atoms with Gasteiger partial charge in [0.25, 0.3) is 0 Å². The molecule has 0 amide bonds. The summed E-state index contributed by atoms with van der Waals surface area (Å²) >= 11 is 0. The van der Waals surface area contributed by atoms with Gasteiger partial charge in [-0.05, 0) is 35.7 Å². The zero-order valence-corrected chi connectivity index (χ0v) is 15.3. The lowest BCUT2D eigenvalue weighted by atomic mass is 9.67. The standard InChI is InChI=1S/C25H23N/c1-20-18-19-24(26(20)2)25(21-12-6-3-7-13-21,22-14-8-4-9-15-22)23-16-10-5-11-17-23/h3-19H,1-2H3. The molecule has 1 heteroatoms. The number of benzene rings is 3. The van der Waals surface area contributed by atoms with E-state index in [4.69, 9.17) is 0 Å². The highest BCUT2D eigenvalue weighted by Crippen LogP contribution is 2.45. The molecule has 0 aliphatic heterocycles. The largest absolute Gasteiger partial charge is 0.350 e. The number of nitrogens with zero attached hydrogens (tertiary/aromatic N) is 1. The molecule has 1 aromatic heterocycles. The van der Waals surface area contributed by atoms with Crippen molar-refractivity contribution in [1.29, 1.82) is 0 Å². The average molecular weight is 337 g/mol. The third-order valence-corrected chi connectivity index (χ3v) is 5.38. The normalized spacial score (nSPS) is 11.5. The molecule has 0 fully saturated rings. The van der Waals surface area contributed by atoms with E-state index >= 15 is 0 Å². The van der Waals surface area contributed by atoms with Gasteiger partial charge in [-0.25, -0.2) is 0 Å². The maximum atomic E-state index is 2.31. The smallest absolute Gasteiger partial charge is 0.0853 e. The summed E-state index contributed by atoms with van der Waals surface area (Å²) in [5, 5.41) is 0. The van der Waals surface area contributed by atoms with Crippen molar-refractivity contribution in [3.05, 3.63) is 131 Å². The second-order valence-electron chi connectivity index (χ2n) is 6.77. The summed E-state index contributed by atoms with van der Waals surface area (Å²) in [7, 11) is 2.16. The molecule has 0 N–H and O–H groups in total. The topological polar surface area (TPSA) is 4.93 Å². The van der Waals surface area contributed by atoms with Crippen LogP contribution in [-0.4, -0.2) is 4.57 Å². The van der Waals surface area contributed by atoms with Crippen molar-refractivity contribution in [3.8, 4) is 0 Å². The summed E-state index contributed by atoms with van der Waals surface area (Å²) in [5.74, 6) is 0. The Bertz CT molecular complexity index is 886. The van der Waals surface area contributed by atoms with Crippen LogP contribution in [0.5, 0.6) is 0 Å². The fraction of sp³-hybridized carbons (Fsp3) is 0.120. The van der Waals surface area contributed by atoms with Crippen molar-refractivity contribution in [2.24, 2.45) is 7.05 Å². The maximum absolute atomic E-state index is 2.31. The van der Waals surface area contributed by atoms with Gasteiger partial charge in [0.05, 0.1) is 5.41 Å². The van der Waals surface area contributed by atoms with Gasteiger partial charge in [0, 0.05) is 18.4 Å². The van der Waals surface area contributed by atoms with Crippen LogP contribution in [0.25, 0.3) is 0 Å². The summed E-state index contributed by atoms with van der Waals surface area (Å²) < 4.78 is 2.31. The van der Waals surface area contributed by atoms with E-state index in [0.29, 0.717) is 0 Å². The summed E-state index contributed by atoms with van der Waals surface area (Å²) in [4.78, 5) is 0. The summed E-state index contributed by atoms with van der Waals surface area (Å²) in [5.41, 5.74) is 6.01. The molecule has 0 bridgehead atoms. The highest BCUT2D eigenvalue weighted by Gasteiger charge is 2.40. The minimum atomic E-state index is -0.354. The SMILES string of the molecule is Cc1ccc(C(c2ccccc2)(c2ccccc2)c2ccccc2)n1C. The first-order chi connectivity index (χ1) is 12.7. The van der Waals surface area contributed by atoms with Crippen molar-refractivity contribution in [1.82, 2.24) is 4.57 Å². The number of aryl methyl sites for hydroxylation is 1. The van der Waals surface area contributed by atoms with Crippen molar-refractivity contribution in [2.45, 2.75) is 12.3 Å². The molecule has 0 aliphatic rings. The van der Waals surface area contributed by atoms with Gasteiger partial charge in [0.15, 0.2) is 0 Å². The predicted octanol–water partition coefficient (Wildman–Crippen LogP) is 5.72. The molecule has 1 heterocycles. The molecular formula is C25H23N. The number of aromatic nitrogens is 1. The van der Waals surface area contributed by atoms with Crippen LogP contribution < -0.4 is 0 Å². The minimum absolute atomic E-state index is 0.354. The van der Waals surface area contributed by atoms with E-state index < -0.39 is 0 Å². The van der Waals surface area contributed by atoms with Gasteiger partial charge in [-0.15, -0.1) is 0 Å². The highest BCUT2D eigenvalue weighted by molar-refractivity contribution is 5.58. The van der Waals surface area contributed by atoms with Crippen LogP contribution >= 0.6 is 0 Å². The first-order valence-electron chi connectivity index (χ1n) is 9.04. The highest BCUT2D eigenvalue weighted by atomic mass is 15.0. The molecule has 0 aliphatic carbocycles. The molecule has 0 spiro atoms. The second-order valence-corrected chi connectivity index (χ2v) is 6.77. The lowest BCUT2D eigenvalue weighted by Crippen LogP contribution is -2.33. The molecule has 1 nitrogen and oxygen atoms in total. The Morgan fingerprint density at radius 1 is 0.538 bits per heavy atom. The first-order valence-corrected chi connectivity index (χ1v) is 9.04. The van der Waals surface area contributed by atoms with Crippen LogP contribution in [0.2, 0.25) is 0 Å². The zero-order valence-electron chi connectivity index (χ0n) is 15.3. The molecule has 128 valence electrons. The molecule has 0 unspecified atom stereocenters. The van der Waals surface area contributed by atoms with Crippen LogP contribution in [0.4, 0.5) is 0 Å². The summed E-state index contributed by atoms with van der Waals surface area (Å²) in [6.45, 7) is 2.16. The van der Waals surface area contributed by atoms with E-state index in [1.165, 1.54) is 28.1 Å². The van der Waals surface area contributed by atoms with E-state index in [1.54, 1.807) is 0 Å². The van der Waals surface area contributed by atoms with Gasteiger partial charge in [0.1, 0.15) is 0 Å². The molecule has 4 aromatic rings. The number of hydrogen-bond acceptors (Lipinski definition) is 0. The van der Waals surface area contributed by atoms with Crippen LogP contribution in [0.15, 0.2) is 103 Å². The first kappa shape index (κ1) is 16.4. The maximum Gasteiger partial charge on any atom is 0.0853 e. The molecule has 0 radical (unpaired) electrons. The van der Waals surface area contributed by atoms with Crippen molar-refractivity contribution >= 4 is 0 Å². The van der Waals surface area contributed by atoms with Gasteiger partial charge in [-0.2, -0.15) is 0 Å². The fourth-order valence-electron chi connectivity index (χ4n) is 4.00. The predicted molar refractivity (Wildman–Crippen MR) is 108 cm³/mol. The molecule has 3 aromatic carbocycles. The molecule has 26 heavy (non-hydrogen) atoms. The zero-order chi connectivity index (χ0) is 18.0. The summed E-state index contributed by atoms with van der Waals surface area (Å²) in [6, 6.07) is 36.9. The van der Waals surface area contributed by atoms with Crippen LogP contribution in [0.3, 0.4) is 0 Å². The quantitative estimate of drug-likeness (QED) is 0.420. The van der Waals surface area contributed by atoms with E-state index in [0.717, 1.165) is 0 Å². The van der Waals surface area contributed by atoms with Gasteiger partial charge < -0.3 is 4.57 Å². The van der Waals surface area contributed by atoms with E-state index in [1.807, 2.05) is 0 Å². The Morgan fingerprint density at radius 2 is 0.923 bits per heavy atom. The van der Waals surface area contributed by atoms with Crippen molar-refractivity contribution in [2.75, 3.05) is 0 Å². The molecule has 0 saturated carbocycles. The van der Waals surface area contributed by atoms with Crippen LogP contribution in [0.1, 0.15) is 28.1 Å². The minimum Gasteiger partial charge on any atom is -0.350 e. The Kier molecular flexibility index (Phi) is 4.22. The number of hydrogen-bond donors (Lipinski definition) is 0. The van der Waals surface area contributed by atoms with Gasteiger partial charge in [-0.3, -0.25) is 0 Å². The van der Waals surface area contributed by atoms with E-state index in [2.05, 4.69) is 122 Å². The van der Waals surface area contributed by atoms with Crippen LogP contribution in [-0.2, 0) is 12.5 Å². The third-order valence-electron chi connectivity index (χ3n) is 5.38. The Morgan fingerprint density at radius 3 is 1.23 bits per heavy atom. The van der Waals surface area contributed by atoms with Gasteiger partial charge >= 0.3 is 0 Å². The monoisotopic (exact) mass is 337 g/mol.